The van der Waals surface area contributed by atoms with Crippen molar-refractivity contribution in [1.29, 1.82) is 0 Å². The van der Waals surface area contributed by atoms with Gasteiger partial charge in [0.1, 0.15) is 0 Å². The number of hydrogen-bond acceptors (Lipinski definition) is 9. The van der Waals surface area contributed by atoms with Crippen molar-refractivity contribution in [2.45, 2.75) is 65.3 Å². The average molecular weight is 545 g/mol. The first-order chi connectivity index (χ1) is 19.1. The van der Waals surface area contributed by atoms with Gasteiger partial charge in [-0.25, -0.2) is 14.6 Å². The van der Waals surface area contributed by atoms with Gasteiger partial charge in [0.15, 0.2) is 5.69 Å². The number of hydrogen-bond donors (Lipinski definition) is 4. The van der Waals surface area contributed by atoms with Crippen LogP contribution >= 0.6 is 0 Å². The minimum absolute atomic E-state index is 0.220. The molecule has 3 aromatic heterocycles. The lowest BCUT2D eigenvalue weighted by atomic mass is 9.96. The summed E-state index contributed by atoms with van der Waals surface area (Å²) in [7, 11) is 0. The molecule has 0 unspecified atom stereocenters. The summed E-state index contributed by atoms with van der Waals surface area (Å²) in [6.45, 7) is 11.6. The summed E-state index contributed by atoms with van der Waals surface area (Å²) < 4.78 is 1.69. The maximum atomic E-state index is 13.2. The van der Waals surface area contributed by atoms with E-state index in [0.717, 1.165) is 40.3 Å². The number of H-pyrrole nitrogens is 1. The molecule has 2 atom stereocenters. The number of aryl methyl sites for hydroxylation is 1. The molecule has 5 rings (SSSR count). The van der Waals surface area contributed by atoms with E-state index in [1.807, 2.05) is 39.8 Å². The largest absolute Gasteiger partial charge is 0.392 e. The lowest BCUT2D eigenvalue weighted by molar-refractivity contribution is 0.0921. The molecule has 0 fully saturated rings. The number of anilines is 2. The van der Waals surface area contributed by atoms with Crippen LogP contribution in [-0.4, -0.2) is 70.3 Å². The average Bonchev–Trinajstić information content (AvgIpc) is 3.52. The number of aliphatic hydroxyl groups excluding tert-OH is 1. The molecule has 0 bridgehead atoms. The Morgan fingerprint density at radius 1 is 1.27 bits per heavy atom. The molecule has 210 valence electrons. The van der Waals surface area contributed by atoms with Gasteiger partial charge in [-0.1, -0.05) is 17.3 Å². The molecule has 12 nitrogen and oxygen atoms in total. The van der Waals surface area contributed by atoms with E-state index in [2.05, 4.69) is 53.2 Å². The quantitative estimate of drug-likeness (QED) is 0.275. The number of amides is 1. The Bertz CT molecular complexity index is 1490. The fourth-order valence-corrected chi connectivity index (χ4v) is 4.82. The highest BCUT2D eigenvalue weighted by molar-refractivity contribution is 5.92. The molecule has 12 heteroatoms. The van der Waals surface area contributed by atoms with Crippen molar-refractivity contribution in [2.75, 3.05) is 18.4 Å². The fourth-order valence-electron chi connectivity index (χ4n) is 4.82. The molecule has 0 radical (unpaired) electrons. The van der Waals surface area contributed by atoms with Crippen molar-refractivity contribution in [1.82, 2.24) is 45.4 Å². The highest BCUT2D eigenvalue weighted by atomic mass is 16.3. The van der Waals surface area contributed by atoms with Gasteiger partial charge in [-0.05, 0) is 64.3 Å². The second kappa shape index (κ2) is 11.1. The number of nitrogens with one attached hydrogen (secondary N) is 3. The van der Waals surface area contributed by atoms with Gasteiger partial charge in [0.05, 0.1) is 41.0 Å². The molecular weight excluding hydrogens is 508 g/mol. The van der Waals surface area contributed by atoms with Crippen LogP contribution in [0, 0.1) is 6.92 Å². The van der Waals surface area contributed by atoms with E-state index >= 15 is 0 Å². The van der Waals surface area contributed by atoms with Crippen molar-refractivity contribution < 1.29 is 9.90 Å². The number of rotatable bonds is 7. The maximum Gasteiger partial charge on any atom is 0.273 e. The molecule has 40 heavy (non-hydrogen) atoms. The predicted octanol–water partition coefficient (Wildman–Crippen LogP) is 3.32. The highest BCUT2D eigenvalue weighted by Crippen LogP contribution is 2.31. The number of nitrogens with zero attached hydrogens (tertiary/aromatic N) is 7. The van der Waals surface area contributed by atoms with E-state index in [1.54, 1.807) is 30.2 Å². The van der Waals surface area contributed by atoms with E-state index in [9.17, 15) is 9.90 Å². The minimum Gasteiger partial charge on any atom is -0.392 e. The monoisotopic (exact) mass is 544 g/mol. The van der Waals surface area contributed by atoms with Crippen LogP contribution < -0.4 is 10.6 Å². The third-order valence-electron chi connectivity index (χ3n) is 6.92. The Labute approximate surface area is 233 Å². The molecule has 0 aliphatic carbocycles. The number of aromatic amines is 1. The topological polar surface area (TPSA) is 150 Å². The summed E-state index contributed by atoms with van der Waals surface area (Å²) >= 11 is 0. The zero-order chi connectivity index (χ0) is 28.4. The van der Waals surface area contributed by atoms with Gasteiger partial charge in [-0.3, -0.25) is 14.8 Å². The normalized spacial score (nSPS) is 16.7. The number of carbonyl (C=O) groups excluding carboxylic acids is 1. The van der Waals surface area contributed by atoms with Crippen LogP contribution in [0.4, 0.5) is 11.6 Å². The first kappa shape index (κ1) is 27.4. The number of β-amino-alcohol motifs (C(OH)–C–C–N with tert-alkyl or cyclic N) is 1. The van der Waals surface area contributed by atoms with Crippen molar-refractivity contribution >= 4 is 17.5 Å². The van der Waals surface area contributed by atoms with Gasteiger partial charge < -0.3 is 15.7 Å². The zero-order valence-electron chi connectivity index (χ0n) is 23.5. The maximum absolute atomic E-state index is 13.2. The van der Waals surface area contributed by atoms with Crippen LogP contribution in [-0.2, 0) is 12.1 Å². The Morgan fingerprint density at radius 3 is 2.80 bits per heavy atom. The van der Waals surface area contributed by atoms with Crippen LogP contribution in [0.1, 0.15) is 67.5 Å². The van der Waals surface area contributed by atoms with Crippen LogP contribution in [0.5, 0.6) is 0 Å². The molecule has 1 aromatic carbocycles. The Hall–Kier alpha value is -4.16. The lowest BCUT2D eigenvalue weighted by Gasteiger charge is -2.22. The number of aromatic nitrogens is 7. The van der Waals surface area contributed by atoms with Crippen molar-refractivity contribution in [2.24, 2.45) is 0 Å². The Balaban J connectivity index is 1.43. The Kier molecular flexibility index (Phi) is 7.63. The second-order valence-corrected chi connectivity index (χ2v) is 11.3. The molecule has 4 aromatic rings. The molecule has 1 aliphatic heterocycles. The van der Waals surface area contributed by atoms with E-state index < -0.39 is 6.10 Å². The smallest absolute Gasteiger partial charge is 0.273 e. The molecule has 1 amide bonds. The number of fused-ring (bicyclic) bond motifs is 1. The first-order valence-corrected chi connectivity index (χ1v) is 13.4. The van der Waals surface area contributed by atoms with Crippen molar-refractivity contribution in [3.8, 4) is 11.3 Å². The van der Waals surface area contributed by atoms with Gasteiger partial charge in [-0.15, -0.1) is 5.10 Å². The summed E-state index contributed by atoms with van der Waals surface area (Å²) in [5.41, 5.74) is 5.46. The Morgan fingerprint density at radius 2 is 2.10 bits per heavy atom. The predicted molar refractivity (Wildman–Crippen MR) is 151 cm³/mol. The van der Waals surface area contributed by atoms with Crippen LogP contribution in [0.3, 0.4) is 0 Å². The van der Waals surface area contributed by atoms with Gasteiger partial charge in [0, 0.05) is 37.6 Å². The van der Waals surface area contributed by atoms with Crippen molar-refractivity contribution in [3.05, 3.63) is 65.4 Å². The molecule has 4 heterocycles. The van der Waals surface area contributed by atoms with Crippen LogP contribution in [0.25, 0.3) is 11.3 Å². The number of benzene rings is 1. The number of carbonyl (C=O) groups is 1. The third-order valence-corrected chi connectivity index (χ3v) is 6.92. The van der Waals surface area contributed by atoms with Crippen molar-refractivity contribution in [3.63, 3.8) is 0 Å². The molecule has 4 N–H and O–H groups in total. The van der Waals surface area contributed by atoms with Gasteiger partial charge in [0.25, 0.3) is 5.91 Å². The minimum atomic E-state index is -0.466. The van der Waals surface area contributed by atoms with E-state index in [0.29, 0.717) is 25.5 Å². The molecule has 0 spiro atoms. The van der Waals surface area contributed by atoms with E-state index in [4.69, 9.17) is 4.98 Å². The summed E-state index contributed by atoms with van der Waals surface area (Å²) in [5.74, 6) is 0.210. The SMILES string of the molecule is Cc1n[nH]cc1Nc1nccc(-c2ccc3c(c2)CN(C[C@@H](C)O)CC[C@@H]3NC(=O)c2cn(C(C)(C)C)nn2)n1. The molecule has 0 saturated heterocycles. The van der Waals surface area contributed by atoms with E-state index in [1.165, 1.54) is 0 Å². The van der Waals surface area contributed by atoms with Crippen LogP contribution in [0.2, 0.25) is 0 Å². The third kappa shape index (κ3) is 6.18. The summed E-state index contributed by atoms with van der Waals surface area (Å²) in [5, 5.41) is 31.7. The number of aliphatic hydroxyl groups is 1. The van der Waals surface area contributed by atoms with Gasteiger partial charge in [0.2, 0.25) is 5.95 Å². The summed E-state index contributed by atoms with van der Waals surface area (Å²) in [6, 6.07) is 7.84. The molecule has 1 aliphatic rings. The first-order valence-electron chi connectivity index (χ1n) is 13.4. The van der Waals surface area contributed by atoms with Gasteiger partial charge >= 0.3 is 0 Å². The highest BCUT2D eigenvalue weighted by Gasteiger charge is 2.27. The standard InChI is InChI=1S/C28H36N10O2/c1-17(39)14-37-11-9-23(31-26(40)25-16-38(36-35-25)28(3,4)5)21-7-6-19(12-20(21)15-37)22-8-10-29-27(32-22)33-24-13-30-34-18(24)2/h6-8,10,12-13,16-17,23,39H,9,11,14-15H2,1-5H3,(H,30,34)(H,31,40)(H,29,32,33)/t17-,23+/m1/s1. The van der Waals surface area contributed by atoms with Crippen LogP contribution in [0.15, 0.2) is 42.9 Å². The second-order valence-electron chi connectivity index (χ2n) is 11.3. The molecule has 0 saturated carbocycles. The summed E-state index contributed by atoms with van der Waals surface area (Å²) in [6.07, 6.45) is 5.40. The summed E-state index contributed by atoms with van der Waals surface area (Å²) in [4.78, 5) is 24.5. The van der Waals surface area contributed by atoms with Gasteiger partial charge in [-0.2, -0.15) is 5.10 Å². The molecular formula is C28H36N10O2. The lowest BCUT2D eigenvalue weighted by Crippen LogP contribution is -2.32. The van der Waals surface area contributed by atoms with E-state index in [-0.39, 0.29) is 23.2 Å². The zero-order valence-corrected chi connectivity index (χ0v) is 23.5. The fraction of sp³-hybridized carbons (Fsp3) is 0.429.